The summed E-state index contributed by atoms with van der Waals surface area (Å²) in [4.78, 5) is 32.6. The standard InChI is InChI=1S/C14H17N3O4S/c1-7-12(8(2)21-16-7)14(19)17-4-3-9-5-10(13(18)15-20)22-11(9)6-17/h5,8,12,20H,3-4,6H2,1-2H3,(H,15,18). The number of oxime groups is 1. The summed E-state index contributed by atoms with van der Waals surface area (Å²) < 4.78 is 0. The van der Waals surface area contributed by atoms with Gasteiger partial charge in [0.15, 0.2) is 0 Å². The van der Waals surface area contributed by atoms with E-state index in [1.54, 1.807) is 23.4 Å². The second kappa shape index (κ2) is 5.69. The van der Waals surface area contributed by atoms with E-state index in [0.29, 0.717) is 30.1 Å². The van der Waals surface area contributed by atoms with E-state index in [4.69, 9.17) is 10.0 Å². The summed E-state index contributed by atoms with van der Waals surface area (Å²) in [5.41, 5.74) is 3.41. The fourth-order valence-corrected chi connectivity index (χ4v) is 3.99. The van der Waals surface area contributed by atoms with E-state index in [1.807, 2.05) is 6.92 Å². The Bertz CT molecular complexity index is 655. The first kappa shape index (κ1) is 15.0. The van der Waals surface area contributed by atoms with Crippen LogP contribution in [0.5, 0.6) is 0 Å². The zero-order chi connectivity index (χ0) is 15.9. The van der Waals surface area contributed by atoms with E-state index in [9.17, 15) is 9.59 Å². The highest BCUT2D eigenvalue weighted by atomic mass is 32.1. The number of nitrogens with zero attached hydrogens (tertiary/aromatic N) is 2. The van der Waals surface area contributed by atoms with Crippen molar-refractivity contribution in [3.63, 3.8) is 0 Å². The lowest BCUT2D eigenvalue weighted by Crippen LogP contribution is -2.43. The minimum atomic E-state index is -0.516. The summed E-state index contributed by atoms with van der Waals surface area (Å²) in [6.07, 6.45) is 0.460. The monoisotopic (exact) mass is 323 g/mol. The predicted molar refractivity (Wildman–Crippen MR) is 79.8 cm³/mol. The van der Waals surface area contributed by atoms with Crippen LogP contribution >= 0.6 is 11.3 Å². The van der Waals surface area contributed by atoms with Crippen molar-refractivity contribution in [1.82, 2.24) is 10.4 Å². The number of rotatable bonds is 2. The first-order valence-corrected chi connectivity index (χ1v) is 7.88. The van der Waals surface area contributed by atoms with Crippen LogP contribution in [0.15, 0.2) is 11.2 Å². The fourth-order valence-electron chi connectivity index (χ4n) is 2.87. The number of carbonyl (C=O) groups excluding carboxylic acids is 2. The molecule has 0 fully saturated rings. The van der Waals surface area contributed by atoms with Gasteiger partial charge in [0.1, 0.15) is 12.0 Å². The van der Waals surface area contributed by atoms with Gasteiger partial charge in [-0.1, -0.05) is 5.16 Å². The highest BCUT2D eigenvalue weighted by molar-refractivity contribution is 7.14. The van der Waals surface area contributed by atoms with Gasteiger partial charge in [-0.2, -0.15) is 0 Å². The molecular formula is C14H17N3O4S. The Morgan fingerprint density at radius 2 is 2.32 bits per heavy atom. The number of fused-ring (bicyclic) bond motifs is 1. The van der Waals surface area contributed by atoms with Crippen LogP contribution in [0, 0.1) is 5.92 Å². The maximum Gasteiger partial charge on any atom is 0.284 e. The van der Waals surface area contributed by atoms with Gasteiger partial charge in [-0.05, 0) is 31.9 Å². The lowest BCUT2D eigenvalue weighted by molar-refractivity contribution is -0.136. The zero-order valence-electron chi connectivity index (χ0n) is 12.3. The molecule has 2 N–H and O–H groups in total. The van der Waals surface area contributed by atoms with Crippen LogP contribution < -0.4 is 5.48 Å². The largest absolute Gasteiger partial charge is 0.392 e. The van der Waals surface area contributed by atoms with Crippen LogP contribution in [0.2, 0.25) is 0 Å². The number of hydroxylamine groups is 1. The third-order valence-corrected chi connectivity index (χ3v) is 5.23. The summed E-state index contributed by atoms with van der Waals surface area (Å²) >= 11 is 1.31. The molecule has 2 aliphatic heterocycles. The molecule has 0 spiro atoms. The van der Waals surface area contributed by atoms with Crippen molar-refractivity contribution in [2.24, 2.45) is 11.1 Å². The number of thiophene rings is 1. The van der Waals surface area contributed by atoms with E-state index < -0.39 is 5.91 Å². The molecule has 22 heavy (non-hydrogen) atoms. The molecule has 8 heteroatoms. The molecule has 118 valence electrons. The second-order valence-electron chi connectivity index (χ2n) is 5.53. The molecule has 2 aliphatic rings. The molecule has 2 amide bonds. The van der Waals surface area contributed by atoms with E-state index >= 15 is 0 Å². The van der Waals surface area contributed by atoms with Crippen molar-refractivity contribution in [1.29, 1.82) is 0 Å². The van der Waals surface area contributed by atoms with Crippen LogP contribution in [0.25, 0.3) is 0 Å². The third-order valence-electron chi connectivity index (χ3n) is 4.07. The summed E-state index contributed by atoms with van der Waals surface area (Å²) in [6, 6.07) is 1.78. The Hall–Kier alpha value is -1.93. The molecular weight excluding hydrogens is 306 g/mol. The van der Waals surface area contributed by atoms with Gasteiger partial charge < -0.3 is 9.74 Å². The first-order chi connectivity index (χ1) is 10.5. The van der Waals surface area contributed by atoms with Crippen LogP contribution in [0.1, 0.15) is 34.0 Å². The van der Waals surface area contributed by atoms with Crippen molar-refractivity contribution < 1.29 is 19.6 Å². The van der Waals surface area contributed by atoms with Gasteiger partial charge in [0.05, 0.1) is 17.1 Å². The zero-order valence-corrected chi connectivity index (χ0v) is 13.1. The Morgan fingerprint density at radius 3 is 2.95 bits per heavy atom. The topological polar surface area (TPSA) is 91.2 Å². The summed E-state index contributed by atoms with van der Waals surface area (Å²) in [7, 11) is 0. The highest BCUT2D eigenvalue weighted by Crippen LogP contribution is 2.30. The van der Waals surface area contributed by atoms with Gasteiger partial charge in [0, 0.05) is 11.4 Å². The number of carbonyl (C=O) groups is 2. The minimum absolute atomic E-state index is 0.0125. The van der Waals surface area contributed by atoms with Crippen LogP contribution in [0.4, 0.5) is 0 Å². The lowest BCUT2D eigenvalue weighted by atomic mass is 9.96. The molecule has 0 saturated carbocycles. The third kappa shape index (κ3) is 2.48. The lowest BCUT2D eigenvalue weighted by Gasteiger charge is -2.29. The van der Waals surface area contributed by atoms with E-state index in [0.717, 1.165) is 10.4 Å². The van der Waals surface area contributed by atoms with Crippen molar-refractivity contribution in [2.45, 2.75) is 32.9 Å². The van der Waals surface area contributed by atoms with Gasteiger partial charge >= 0.3 is 0 Å². The number of amides is 2. The molecule has 0 saturated heterocycles. The average Bonchev–Trinajstić information content (AvgIpc) is 3.08. The molecule has 0 aliphatic carbocycles. The molecule has 3 heterocycles. The average molecular weight is 323 g/mol. The quantitative estimate of drug-likeness (QED) is 0.631. The summed E-state index contributed by atoms with van der Waals surface area (Å²) in [5.74, 6) is -0.835. The molecule has 3 rings (SSSR count). The fraction of sp³-hybridized carbons (Fsp3) is 0.500. The second-order valence-corrected chi connectivity index (χ2v) is 6.67. The maximum absolute atomic E-state index is 12.7. The van der Waals surface area contributed by atoms with Crippen molar-refractivity contribution in [2.75, 3.05) is 6.54 Å². The summed E-state index contributed by atoms with van der Waals surface area (Å²) in [5, 5.41) is 12.6. The SMILES string of the molecule is CC1=NOC(C)C1C(=O)N1CCc2cc(C(=O)NO)sc2C1. The highest BCUT2D eigenvalue weighted by Gasteiger charge is 2.38. The number of hydrogen-bond acceptors (Lipinski definition) is 6. The maximum atomic E-state index is 12.7. The van der Waals surface area contributed by atoms with Crippen LogP contribution in [-0.2, 0) is 22.6 Å². The van der Waals surface area contributed by atoms with E-state index in [2.05, 4.69) is 5.16 Å². The molecule has 1 aromatic heterocycles. The molecule has 2 atom stereocenters. The van der Waals surface area contributed by atoms with Gasteiger partial charge in [-0.25, -0.2) is 5.48 Å². The summed E-state index contributed by atoms with van der Waals surface area (Å²) in [6.45, 7) is 4.73. The molecule has 2 unspecified atom stereocenters. The minimum Gasteiger partial charge on any atom is -0.392 e. The van der Waals surface area contributed by atoms with Gasteiger partial charge in [0.2, 0.25) is 5.91 Å². The van der Waals surface area contributed by atoms with Crippen LogP contribution in [0.3, 0.4) is 0 Å². The Balaban J connectivity index is 1.77. The van der Waals surface area contributed by atoms with Gasteiger partial charge in [-0.3, -0.25) is 14.8 Å². The first-order valence-electron chi connectivity index (χ1n) is 7.06. The van der Waals surface area contributed by atoms with E-state index in [-0.39, 0.29) is 17.9 Å². The van der Waals surface area contributed by atoms with Gasteiger partial charge in [0.25, 0.3) is 5.91 Å². The smallest absolute Gasteiger partial charge is 0.284 e. The molecule has 1 aromatic rings. The number of hydrogen-bond donors (Lipinski definition) is 2. The van der Waals surface area contributed by atoms with E-state index in [1.165, 1.54) is 11.3 Å². The Morgan fingerprint density at radius 1 is 1.55 bits per heavy atom. The normalized spacial score (nSPS) is 23.6. The molecule has 0 radical (unpaired) electrons. The van der Waals surface area contributed by atoms with Crippen molar-refractivity contribution >= 4 is 28.9 Å². The molecule has 7 nitrogen and oxygen atoms in total. The predicted octanol–water partition coefficient (Wildman–Crippen LogP) is 1.16. The van der Waals surface area contributed by atoms with Crippen molar-refractivity contribution in [3.05, 3.63) is 21.4 Å². The van der Waals surface area contributed by atoms with Gasteiger partial charge in [-0.15, -0.1) is 11.3 Å². The molecule has 0 aromatic carbocycles. The van der Waals surface area contributed by atoms with Crippen LogP contribution in [-0.4, -0.2) is 40.3 Å². The Kier molecular flexibility index (Phi) is 3.88. The number of nitrogens with one attached hydrogen (secondary N) is 1. The van der Waals surface area contributed by atoms with Crippen molar-refractivity contribution in [3.8, 4) is 0 Å². The Labute approximate surface area is 131 Å². The molecule has 0 bridgehead atoms.